The van der Waals surface area contributed by atoms with Crippen LogP contribution in [0.15, 0.2) is 48.5 Å². The van der Waals surface area contributed by atoms with E-state index in [2.05, 4.69) is 23.1 Å². The number of benzene rings is 2. The van der Waals surface area contributed by atoms with Gasteiger partial charge in [0.25, 0.3) is 0 Å². The average molecular weight is 396 g/mol. The molecule has 1 aliphatic heterocycles. The molecule has 1 fully saturated rings. The number of aromatic nitrogens is 1. The van der Waals surface area contributed by atoms with Crippen molar-refractivity contribution in [3.63, 3.8) is 0 Å². The second-order valence-corrected chi connectivity index (χ2v) is 8.20. The minimum absolute atomic E-state index is 0.238. The van der Waals surface area contributed by atoms with Crippen LogP contribution in [0.25, 0.3) is 10.2 Å². The number of nitrogens with zero attached hydrogens (tertiary/aromatic N) is 3. The second kappa shape index (κ2) is 8.71. The molecule has 2 aromatic carbocycles. The molecule has 1 saturated heterocycles. The van der Waals surface area contributed by atoms with Crippen molar-refractivity contribution in [1.29, 1.82) is 0 Å². The summed E-state index contributed by atoms with van der Waals surface area (Å²) in [5, 5.41) is 1.15. The molecule has 5 nitrogen and oxygen atoms in total. The maximum absolute atomic E-state index is 12.6. The van der Waals surface area contributed by atoms with Gasteiger partial charge in [-0.2, -0.15) is 0 Å². The van der Waals surface area contributed by atoms with Crippen LogP contribution < -0.4 is 4.74 Å². The smallest absolute Gasteiger partial charge is 0.222 e. The van der Waals surface area contributed by atoms with Crippen LogP contribution in [0.4, 0.5) is 0 Å². The summed E-state index contributed by atoms with van der Waals surface area (Å²) in [7, 11) is 1.66. The first-order valence-corrected chi connectivity index (χ1v) is 10.5. The molecular weight excluding hydrogens is 370 g/mol. The number of para-hydroxylation sites is 1. The van der Waals surface area contributed by atoms with Crippen LogP contribution in [0.5, 0.6) is 5.75 Å². The molecule has 0 unspecified atom stereocenters. The van der Waals surface area contributed by atoms with Crippen LogP contribution in [0, 0.1) is 0 Å². The number of carbonyl (C=O) groups excluding carboxylic acids is 1. The van der Waals surface area contributed by atoms with Gasteiger partial charge in [-0.15, -0.1) is 11.3 Å². The SMILES string of the molecule is COc1cccc(CCC(=O)N2CCN(Cc3nc4ccccc4s3)CC2)c1. The van der Waals surface area contributed by atoms with E-state index in [9.17, 15) is 4.79 Å². The van der Waals surface area contributed by atoms with E-state index in [-0.39, 0.29) is 5.91 Å². The monoisotopic (exact) mass is 395 g/mol. The van der Waals surface area contributed by atoms with Gasteiger partial charge in [-0.25, -0.2) is 4.98 Å². The molecule has 146 valence electrons. The summed E-state index contributed by atoms with van der Waals surface area (Å²) in [6, 6.07) is 16.2. The Labute approximate surface area is 169 Å². The molecule has 0 atom stereocenters. The zero-order valence-electron chi connectivity index (χ0n) is 16.1. The molecule has 1 aliphatic rings. The van der Waals surface area contributed by atoms with Gasteiger partial charge in [-0.1, -0.05) is 24.3 Å². The van der Waals surface area contributed by atoms with E-state index in [0.717, 1.165) is 61.0 Å². The number of fused-ring (bicyclic) bond motifs is 1. The molecule has 6 heteroatoms. The maximum Gasteiger partial charge on any atom is 0.222 e. The molecule has 28 heavy (non-hydrogen) atoms. The van der Waals surface area contributed by atoms with Gasteiger partial charge < -0.3 is 9.64 Å². The van der Waals surface area contributed by atoms with Crippen LogP contribution in [0.1, 0.15) is 17.0 Å². The van der Waals surface area contributed by atoms with Crippen molar-refractivity contribution >= 4 is 27.5 Å². The maximum atomic E-state index is 12.6. The number of piperazine rings is 1. The first-order valence-electron chi connectivity index (χ1n) is 9.69. The highest BCUT2D eigenvalue weighted by molar-refractivity contribution is 7.18. The van der Waals surface area contributed by atoms with Gasteiger partial charge in [0.05, 0.1) is 23.9 Å². The number of hydrogen-bond acceptors (Lipinski definition) is 5. The molecule has 4 rings (SSSR count). The van der Waals surface area contributed by atoms with Gasteiger partial charge in [0.2, 0.25) is 5.91 Å². The molecule has 1 amide bonds. The lowest BCUT2D eigenvalue weighted by atomic mass is 10.1. The second-order valence-electron chi connectivity index (χ2n) is 7.08. The van der Waals surface area contributed by atoms with Crippen molar-refractivity contribution in [2.45, 2.75) is 19.4 Å². The van der Waals surface area contributed by atoms with Crippen molar-refractivity contribution in [3.05, 3.63) is 59.1 Å². The molecule has 3 aromatic rings. The lowest BCUT2D eigenvalue weighted by molar-refractivity contribution is -0.133. The predicted molar refractivity (Wildman–Crippen MR) is 113 cm³/mol. The molecular formula is C22H25N3O2S. The third-order valence-corrected chi connectivity index (χ3v) is 6.20. The number of carbonyl (C=O) groups is 1. The Bertz CT molecular complexity index is 915. The normalized spacial score (nSPS) is 15.1. The highest BCUT2D eigenvalue weighted by atomic mass is 32.1. The summed E-state index contributed by atoms with van der Waals surface area (Å²) in [6.45, 7) is 4.26. The highest BCUT2D eigenvalue weighted by Crippen LogP contribution is 2.23. The van der Waals surface area contributed by atoms with Crippen LogP contribution >= 0.6 is 11.3 Å². The van der Waals surface area contributed by atoms with Gasteiger partial charge in [-0.3, -0.25) is 9.69 Å². The topological polar surface area (TPSA) is 45.7 Å². The van der Waals surface area contributed by atoms with E-state index in [1.807, 2.05) is 35.2 Å². The van der Waals surface area contributed by atoms with Crippen molar-refractivity contribution < 1.29 is 9.53 Å². The molecule has 0 saturated carbocycles. The lowest BCUT2D eigenvalue weighted by Crippen LogP contribution is -2.48. The zero-order valence-corrected chi connectivity index (χ0v) is 17.0. The molecule has 1 aromatic heterocycles. The number of amides is 1. The van der Waals surface area contributed by atoms with Gasteiger partial charge in [-0.05, 0) is 36.2 Å². The van der Waals surface area contributed by atoms with Crippen LogP contribution in [-0.4, -0.2) is 54.0 Å². The Hall–Kier alpha value is -2.44. The number of rotatable bonds is 6. The van der Waals surface area contributed by atoms with Crippen molar-refractivity contribution in [3.8, 4) is 5.75 Å². The quantitative estimate of drug-likeness (QED) is 0.640. The van der Waals surface area contributed by atoms with E-state index in [4.69, 9.17) is 9.72 Å². The minimum atomic E-state index is 0.238. The van der Waals surface area contributed by atoms with E-state index in [0.29, 0.717) is 6.42 Å². The first kappa shape index (κ1) is 18.9. The molecule has 2 heterocycles. The Kier molecular flexibility index (Phi) is 5.88. The molecule has 0 bridgehead atoms. The number of ether oxygens (including phenoxy) is 1. The fourth-order valence-electron chi connectivity index (χ4n) is 3.57. The van der Waals surface area contributed by atoms with Crippen molar-refractivity contribution in [1.82, 2.24) is 14.8 Å². The summed E-state index contributed by atoms with van der Waals surface area (Å²) in [6.07, 6.45) is 1.30. The third kappa shape index (κ3) is 4.51. The van der Waals surface area contributed by atoms with Gasteiger partial charge in [0, 0.05) is 32.6 Å². The minimum Gasteiger partial charge on any atom is -0.497 e. The third-order valence-electron chi connectivity index (χ3n) is 5.18. The highest BCUT2D eigenvalue weighted by Gasteiger charge is 2.21. The zero-order chi connectivity index (χ0) is 19.3. The van der Waals surface area contributed by atoms with E-state index in [1.54, 1.807) is 18.4 Å². The summed E-state index contributed by atoms with van der Waals surface area (Å²) in [4.78, 5) is 21.7. The summed E-state index contributed by atoms with van der Waals surface area (Å²) < 4.78 is 6.49. The van der Waals surface area contributed by atoms with E-state index >= 15 is 0 Å². The van der Waals surface area contributed by atoms with Gasteiger partial charge >= 0.3 is 0 Å². The van der Waals surface area contributed by atoms with E-state index in [1.165, 1.54) is 4.70 Å². The Morgan fingerprint density at radius 3 is 2.71 bits per heavy atom. The summed E-state index contributed by atoms with van der Waals surface area (Å²) >= 11 is 1.76. The molecule has 0 N–H and O–H groups in total. The fourth-order valence-corrected chi connectivity index (χ4v) is 4.58. The van der Waals surface area contributed by atoms with Gasteiger partial charge in [0.1, 0.15) is 10.8 Å². The molecule has 0 spiro atoms. The van der Waals surface area contributed by atoms with E-state index < -0.39 is 0 Å². The number of thiazole rings is 1. The summed E-state index contributed by atoms with van der Waals surface area (Å²) in [5.41, 5.74) is 2.22. The predicted octanol–water partition coefficient (Wildman–Crippen LogP) is 3.58. The number of methoxy groups -OCH3 is 1. The molecule has 0 aliphatic carbocycles. The standard InChI is InChI=1S/C22H25N3O2S/c1-27-18-6-4-5-17(15-18)9-10-22(26)25-13-11-24(12-14-25)16-21-23-19-7-2-3-8-20(19)28-21/h2-8,15H,9-14,16H2,1H3. The van der Waals surface area contributed by atoms with Crippen LogP contribution in [0.2, 0.25) is 0 Å². The Morgan fingerprint density at radius 1 is 1.11 bits per heavy atom. The summed E-state index contributed by atoms with van der Waals surface area (Å²) in [5.74, 6) is 1.08. The lowest BCUT2D eigenvalue weighted by Gasteiger charge is -2.34. The Morgan fingerprint density at radius 2 is 1.93 bits per heavy atom. The molecule has 0 radical (unpaired) electrons. The largest absolute Gasteiger partial charge is 0.497 e. The first-order chi connectivity index (χ1) is 13.7. The number of hydrogen-bond donors (Lipinski definition) is 0. The average Bonchev–Trinajstić information content (AvgIpc) is 3.15. The number of aryl methyl sites for hydroxylation is 1. The Balaban J connectivity index is 1.25. The van der Waals surface area contributed by atoms with Crippen molar-refractivity contribution in [2.75, 3.05) is 33.3 Å². The van der Waals surface area contributed by atoms with Gasteiger partial charge in [0.15, 0.2) is 0 Å². The van der Waals surface area contributed by atoms with Crippen LogP contribution in [0.3, 0.4) is 0 Å². The van der Waals surface area contributed by atoms with Crippen LogP contribution in [-0.2, 0) is 17.8 Å². The fraction of sp³-hybridized carbons (Fsp3) is 0.364. The van der Waals surface area contributed by atoms with Crippen molar-refractivity contribution in [2.24, 2.45) is 0 Å².